The molecule has 3 N–H and O–H groups in total. The van der Waals surface area contributed by atoms with Gasteiger partial charge in [0.05, 0.1) is 18.6 Å². The number of aliphatic hydroxyl groups is 2. The Morgan fingerprint density at radius 3 is 2.23 bits per heavy atom. The first-order valence-electron chi connectivity index (χ1n) is 4.60. The summed E-state index contributed by atoms with van der Waals surface area (Å²) < 4.78 is 0. The molecule has 2 atom stereocenters. The molecule has 0 aliphatic rings. The number of aliphatic carboxylic acids is 1. The van der Waals surface area contributed by atoms with Crippen molar-refractivity contribution in [3.8, 4) is 0 Å². The minimum atomic E-state index is -0.969. The largest absolute Gasteiger partial charge is 0.481 e. The molecule has 0 aromatic heterocycles. The van der Waals surface area contributed by atoms with Gasteiger partial charge in [-0.05, 0) is 19.8 Å². The van der Waals surface area contributed by atoms with Gasteiger partial charge in [0.25, 0.3) is 0 Å². The maximum absolute atomic E-state index is 10.2. The lowest BCUT2D eigenvalue weighted by atomic mass is 10.1. The van der Waals surface area contributed by atoms with Crippen molar-refractivity contribution in [3.63, 3.8) is 0 Å². The van der Waals surface area contributed by atoms with Crippen molar-refractivity contribution in [2.24, 2.45) is 0 Å². The summed E-state index contributed by atoms with van der Waals surface area (Å²) in [6.07, 6.45) is 1.56. The van der Waals surface area contributed by atoms with E-state index in [-0.39, 0.29) is 12.5 Å². The Hall–Kier alpha value is -0.610. The Bertz CT molecular complexity index is 145. The van der Waals surface area contributed by atoms with Crippen molar-refractivity contribution in [1.29, 1.82) is 0 Å². The standard InChI is InChI=1S/C9H18O4/c1-7(10)4-2-3-5-8(11)6-9(12)13/h7-8,10-11H,2-6H2,1H3,(H,12,13)/t7-,8-/m1/s1. The van der Waals surface area contributed by atoms with Crippen LogP contribution >= 0.6 is 0 Å². The fourth-order valence-corrected chi connectivity index (χ4v) is 1.12. The highest BCUT2D eigenvalue weighted by molar-refractivity contribution is 5.67. The van der Waals surface area contributed by atoms with Crippen LogP contribution in [-0.2, 0) is 4.79 Å². The van der Waals surface area contributed by atoms with Crippen LogP contribution in [0.4, 0.5) is 0 Å². The molecule has 4 nitrogen and oxygen atoms in total. The van der Waals surface area contributed by atoms with Crippen LogP contribution in [-0.4, -0.2) is 33.5 Å². The Morgan fingerprint density at radius 2 is 1.77 bits per heavy atom. The second-order valence-corrected chi connectivity index (χ2v) is 3.39. The number of rotatable bonds is 7. The first-order valence-corrected chi connectivity index (χ1v) is 4.60. The number of carboxylic acid groups (broad SMARTS) is 1. The van der Waals surface area contributed by atoms with E-state index in [9.17, 15) is 4.79 Å². The topological polar surface area (TPSA) is 77.8 Å². The summed E-state index contributed by atoms with van der Waals surface area (Å²) in [6, 6.07) is 0. The molecule has 78 valence electrons. The average Bonchev–Trinajstić information content (AvgIpc) is 1.96. The summed E-state index contributed by atoms with van der Waals surface area (Å²) in [6.45, 7) is 1.72. The van der Waals surface area contributed by atoms with Crippen LogP contribution in [0.15, 0.2) is 0 Å². The minimum Gasteiger partial charge on any atom is -0.481 e. The van der Waals surface area contributed by atoms with Gasteiger partial charge < -0.3 is 15.3 Å². The lowest BCUT2D eigenvalue weighted by Gasteiger charge is -2.07. The van der Waals surface area contributed by atoms with Crippen molar-refractivity contribution in [2.45, 2.75) is 51.2 Å². The third-order valence-corrected chi connectivity index (χ3v) is 1.82. The molecule has 0 radical (unpaired) electrons. The van der Waals surface area contributed by atoms with Crippen LogP contribution in [0.2, 0.25) is 0 Å². The molecule has 0 aromatic carbocycles. The van der Waals surface area contributed by atoms with Crippen LogP contribution in [0, 0.1) is 0 Å². The van der Waals surface area contributed by atoms with Gasteiger partial charge in [0, 0.05) is 0 Å². The molecule has 0 aromatic rings. The molecule has 0 aliphatic carbocycles. The minimum absolute atomic E-state index is 0.186. The van der Waals surface area contributed by atoms with Gasteiger partial charge in [0.1, 0.15) is 0 Å². The number of hydrogen-bond donors (Lipinski definition) is 3. The molecule has 0 fully saturated rings. The Morgan fingerprint density at radius 1 is 1.23 bits per heavy atom. The fraction of sp³-hybridized carbons (Fsp3) is 0.889. The quantitative estimate of drug-likeness (QED) is 0.518. The van der Waals surface area contributed by atoms with Crippen molar-refractivity contribution in [3.05, 3.63) is 0 Å². The zero-order valence-electron chi connectivity index (χ0n) is 7.94. The van der Waals surface area contributed by atoms with Crippen LogP contribution in [0.1, 0.15) is 39.0 Å². The lowest BCUT2D eigenvalue weighted by Crippen LogP contribution is -2.12. The Labute approximate surface area is 78.2 Å². The van der Waals surface area contributed by atoms with Crippen molar-refractivity contribution in [2.75, 3.05) is 0 Å². The van der Waals surface area contributed by atoms with Crippen molar-refractivity contribution in [1.82, 2.24) is 0 Å². The van der Waals surface area contributed by atoms with Crippen LogP contribution in [0.25, 0.3) is 0 Å². The highest BCUT2D eigenvalue weighted by Crippen LogP contribution is 2.07. The van der Waals surface area contributed by atoms with Crippen molar-refractivity contribution >= 4 is 5.97 Å². The third kappa shape index (κ3) is 9.30. The van der Waals surface area contributed by atoms with Gasteiger partial charge in [-0.1, -0.05) is 12.8 Å². The van der Waals surface area contributed by atoms with Crippen LogP contribution in [0.3, 0.4) is 0 Å². The van der Waals surface area contributed by atoms with Gasteiger partial charge in [0.15, 0.2) is 0 Å². The predicted octanol–water partition coefficient (Wildman–Crippen LogP) is 0.763. The molecule has 0 saturated heterocycles. The summed E-state index contributed by atoms with van der Waals surface area (Å²) in [7, 11) is 0. The van der Waals surface area contributed by atoms with E-state index >= 15 is 0 Å². The number of unbranched alkanes of at least 4 members (excludes halogenated alkanes) is 1. The van der Waals surface area contributed by atoms with Gasteiger partial charge in [0.2, 0.25) is 0 Å². The predicted molar refractivity (Wildman–Crippen MR) is 48.4 cm³/mol. The average molecular weight is 190 g/mol. The van der Waals surface area contributed by atoms with E-state index in [4.69, 9.17) is 15.3 Å². The summed E-state index contributed by atoms with van der Waals surface area (Å²) in [5, 5.41) is 26.4. The molecule has 0 aliphatic heterocycles. The Balaban J connectivity index is 3.26. The molecule has 0 rings (SSSR count). The smallest absolute Gasteiger partial charge is 0.305 e. The van der Waals surface area contributed by atoms with Gasteiger partial charge in [-0.15, -0.1) is 0 Å². The highest BCUT2D eigenvalue weighted by atomic mass is 16.4. The number of carboxylic acids is 1. The SMILES string of the molecule is C[C@@H](O)CCCC[C@@H](O)CC(=O)O. The molecule has 0 amide bonds. The zero-order valence-corrected chi connectivity index (χ0v) is 7.94. The molecule has 0 spiro atoms. The number of aliphatic hydroxyl groups excluding tert-OH is 2. The van der Waals surface area contributed by atoms with Gasteiger partial charge in [-0.2, -0.15) is 0 Å². The zero-order chi connectivity index (χ0) is 10.3. The molecular formula is C9H18O4. The van der Waals surface area contributed by atoms with E-state index in [0.717, 1.165) is 12.8 Å². The first-order chi connectivity index (χ1) is 6.02. The summed E-state index contributed by atoms with van der Waals surface area (Å²) in [5.74, 6) is -0.969. The molecule has 13 heavy (non-hydrogen) atoms. The highest BCUT2D eigenvalue weighted by Gasteiger charge is 2.08. The van der Waals surface area contributed by atoms with E-state index in [2.05, 4.69) is 0 Å². The molecule has 0 unspecified atom stereocenters. The van der Waals surface area contributed by atoms with E-state index in [1.807, 2.05) is 0 Å². The molecule has 0 bridgehead atoms. The number of carbonyl (C=O) groups is 1. The first kappa shape index (κ1) is 12.4. The maximum Gasteiger partial charge on any atom is 0.305 e. The summed E-state index contributed by atoms with van der Waals surface area (Å²) >= 11 is 0. The third-order valence-electron chi connectivity index (χ3n) is 1.82. The molecule has 4 heteroatoms. The maximum atomic E-state index is 10.2. The number of hydrogen-bond acceptors (Lipinski definition) is 3. The molecule has 0 saturated carbocycles. The second-order valence-electron chi connectivity index (χ2n) is 3.39. The summed E-state index contributed by atoms with van der Waals surface area (Å²) in [5.41, 5.74) is 0. The molecular weight excluding hydrogens is 172 g/mol. The van der Waals surface area contributed by atoms with Gasteiger partial charge in [-0.3, -0.25) is 4.79 Å². The molecule has 0 heterocycles. The van der Waals surface area contributed by atoms with E-state index in [0.29, 0.717) is 12.8 Å². The van der Waals surface area contributed by atoms with Gasteiger partial charge in [-0.25, -0.2) is 0 Å². The fourth-order valence-electron chi connectivity index (χ4n) is 1.12. The lowest BCUT2D eigenvalue weighted by molar-refractivity contribution is -0.139. The monoisotopic (exact) mass is 190 g/mol. The van der Waals surface area contributed by atoms with E-state index in [1.54, 1.807) is 6.92 Å². The normalized spacial score (nSPS) is 15.3. The van der Waals surface area contributed by atoms with E-state index in [1.165, 1.54) is 0 Å². The van der Waals surface area contributed by atoms with Crippen molar-refractivity contribution < 1.29 is 20.1 Å². The second kappa shape index (κ2) is 6.86. The van der Waals surface area contributed by atoms with Gasteiger partial charge >= 0.3 is 5.97 Å². The Kier molecular flexibility index (Phi) is 6.54. The van der Waals surface area contributed by atoms with Crippen LogP contribution < -0.4 is 0 Å². The van der Waals surface area contributed by atoms with Crippen LogP contribution in [0.5, 0.6) is 0 Å². The van der Waals surface area contributed by atoms with E-state index < -0.39 is 12.1 Å². The summed E-state index contributed by atoms with van der Waals surface area (Å²) in [4.78, 5) is 10.2.